The second-order valence-corrected chi connectivity index (χ2v) is 4.02. The molecule has 0 spiro atoms. The summed E-state index contributed by atoms with van der Waals surface area (Å²) in [5, 5.41) is 12.5. The van der Waals surface area contributed by atoms with Crippen molar-refractivity contribution in [2.24, 2.45) is 0 Å². The molecular formula is C9H16N2O2. The van der Waals surface area contributed by atoms with Crippen molar-refractivity contribution in [1.29, 1.82) is 0 Å². The number of nitrogens with one attached hydrogen (secondary N) is 1. The Hall–Kier alpha value is -0.610. The van der Waals surface area contributed by atoms with Crippen LogP contribution in [0, 0.1) is 0 Å². The van der Waals surface area contributed by atoms with Crippen LogP contribution >= 0.6 is 0 Å². The van der Waals surface area contributed by atoms with Gasteiger partial charge in [-0.2, -0.15) is 0 Å². The summed E-state index contributed by atoms with van der Waals surface area (Å²) < 4.78 is 0. The molecular weight excluding hydrogens is 168 g/mol. The van der Waals surface area contributed by atoms with E-state index in [0.717, 1.165) is 25.8 Å². The second kappa shape index (κ2) is 3.27. The van der Waals surface area contributed by atoms with Gasteiger partial charge in [0.25, 0.3) is 0 Å². The SMILES string of the molecule is CN1CCC(NC2CCC2O)C1=O. The zero-order valence-electron chi connectivity index (χ0n) is 7.86. The number of carbonyl (C=O) groups is 1. The van der Waals surface area contributed by atoms with Crippen LogP contribution in [0.3, 0.4) is 0 Å². The lowest BCUT2D eigenvalue weighted by molar-refractivity contribution is -0.128. The number of carbonyl (C=O) groups excluding carboxylic acids is 1. The molecule has 0 aromatic heterocycles. The molecule has 3 atom stereocenters. The van der Waals surface area contributed by atoms with Gasteiger partial charge >= 0.3 is 0 Å². The lowest BCUT2D eigenvalue weighted by atomic mass is 9.88. The molecule has 0 bridgehead atoms. The van der Waals surface area contributed by atoms with Gasteiger partial charge in [-0.15, -0.1) is 0 Å². The lowest BCUT2D eigenvalue weighted by Gasteiger charge is -2.34. The Kier molecular flexibility index (Phi) is 2.26. The first kappa shape index (κ1) is 8.97. The monoisotopic (exact) mass is 184 g/mol. The molecule has 1 heterocycles. The van der Waals surface area contributed by atoms with Gasteiger partial charge in [0.1, 0.15) is 0 Å². The first-order valence-electron chi connectivity index (χ1n) is 4.87. The van der Waals surface area contributed by atoms with Crippen molar-refractivity contribution < 1.29 is 9.90 Å². The molecule has 0 aromatic rings. The van der Waals surface area contributed by atoms with Gasteiger partial charge in [-0.3, -0.25) is 4.79 Å². The van der Waals surface area contributed by atoms with Crippen LogP contribution < -0.4 is 5.32 Å². The van der Waals surface area contributed by atoms with Crippen LogP contribution in [0.15, 0.2) is 0 Å². The Labute approximate surface area is 77.9 Å². The molecule has 4 nitrogen and oxygen atoms in total. The fraction of sp³-hybridized carbons (Fsp3) is 0.889. The molecule has 2 fully saturated rings. The maximum atomic E-state index is 11.5. The van der Waals surface area contributed by atoms with Crippen LogP contribution in [-0.2, 0) is 4.79 Å². The Morgan fingerprint density at radius 3 is 2.62 bits per heavy atom. The van der Waals surface area contributed by atoms with E-state index in [-0.39, 0.29) is 24.1 Å². The smallest absolute Gasteiger partial charge is 0.239 e. The van der Waals surface area contributed by atoms with Gasteiger partial charge in [0.15, 0.2) is 0 Å². The average Bonchev–Trinajstić information content (AvgIpc) is 2.42. The Morgan fingerprint density at radius 2 is 2.23 bits per heavy atom. The molecule has 2 aliphatic rings. The predicted octanol–water partition coefficient (Wildman–Crippen LogP) is -0.670. The maximum absolute atomic E-state index is 11.5. The van der Waals surface area contributed by atoms with Crippen LogP contribution in [0.1, 0.15) is 19.3 Å². The van der Waals surface area contributed by atoms with E-state index >= 15 is 0 Å². The van der Waals surface area contributed by atoms with Crippen molar-refractivity contribution >= 4 is 5.91 Å². The van der Waals surface area contributed by atoms with Gasteiger partial charge in [0.05, 0.1) is 12.1 Å². The highest BCUT2D eigenvalue weighted by Gasteiger charge is 2.36. The van der Waals surface area contributed by atoms with E-state index in [9.17, 15) is 9.90 Å². The third kappa shape index (κ3) is 1.56. The lowest BCUT2D eigenvalue weighted by Crippen LogP contribution is -2.53. The standard InChI is InChI=1S/C9H16N2O2/c1-11-5-4-7(9(11)13)10-6-2-3-8(6)12/h6-8,10,12H,2-5H2,1H3. The molecule has 3 unspecified atom stereocenters. The Balaban J connectivity index is 1.85. The minimum atomic E-state index is -0.237. The van der Waals surface area contributed by atoms with Gasteiger partial charge < -0.3 is 15.3 Å². The molecule has 0 radical (unpaired) electrons. The first-order chi connectivity index (χ1) is 6.18. The zero-order valence-corrected chi connectivity index (χ0v) is 7.86. The third-order valence-electron chi connectivity index (χ3n) is 3.08. The molecule has 2 N–H and O–H groups in total. The number of aliphatic hydroxyl groups excluding tert-OH is 1. The number of nitrogens with zero attached hydrogens (tertiary/aromatic N) is 1. The van der Waals surface area contributed by atoms with Gasteiger partial charge in [-0.1, -0.05) is 0 Å². The van der Waals surface area contributed by atoms with Crippen molar-refractivity contribution in [1.82, 2.24) is 10.2 Å². The maximum Gasteiger partial charge on any atom is 0.239 e. The minimum Gasteiger partial charge on any atom is -0.392 e. The first-order valence-corrected chi connectivity index (χ1v) is 4.87. The normalized spacial score (nSPS) is 39.4. The molecule has 0 aromatic carbocycles. The van der Waals surface area contributed by atoms with Crippen LogP contribution in [0.5, 0.6) is 0 Å². The van der Waals surface area contributed by atoms with Gasteiger partial charge in [0, 0.05) is 19.6 Å². The minimum absolute atomic E-state index is 0.0510. The Bertz CT molecular complexity index is 220. The summed E-state index contributed by atoms with van der Waals surface area (Å²) in [5.41, 5.74) is 0. The average molecular weight is 184 g/mol. The van der Waals surface area contributed by atoms with Gasteiger partial charge in [0.2, 0.25) is 5.91 Å². The highest BCUT2D eigenvalue weighted by atomic mass is 16.3. The topological polar surface area (TPSA) is 52.6 Å². The number of likely N-dealkylation sites (tertiary alicyclic amines) is 1. The van der Waals surface area contributed by atoms with Crippen LogP contribution in [-0.4, -0.2) is 47.7 Å². The number of aliphatic hydroxyl groups is 1. The van der Waals surface area contributed by atoms with E-state index in [0.29, 0.717) is 0 Å². The largest absolute Gasteiger partial charge is 0.392 e. The summed E-state index contributed by atoms with van der Waals surface area (Å²) in [7, 11) is 1.82. The quantitative estimate of drug-likeness (QED) is 0.598. The molecule has 2 rings (SSSR count). The van der Waals surface area contributed by atoms with Crippen LogP contribution in [0.4, 0.5) is 0 Å². The summed E-state index contributed by atoms with van der Waals surface area (Å²) >= 11 is 0. The highest BCUT2D eigenvalue weighted by Crippen LogP contribution is 2.21. The molecule has 13 heavy (non-hydrogen) atoms. The van der Waals surface area contributed by atoms with Crippen molar-refractivity contribution in [3.8, 4) is 0 Å². The fourth-order valence-electron chi connectivity index (χ4n) is 1.91. The van der Waals surface area contributed by atoms with E-state index in [1.807, 2.05) is 7.05 Å². The summed E-state index contributed by atoms with van der Waals surface area (Å²) in [6.45, 7) is 0.833. The number of rotatable bonds is 2. The van der Waals surface area contributed by atoms with Crippen molar-refractivity contribution in [3.05, 3.63) is 0 Å². The number of hydrogen-bond donors (Lipinski definition) is 2. The van der Waals surface area contributed by atoms with Crippen molar-refractivity contribution in [3.63, 3.8) is 0 Å². The van der Waals surface area contributed by atoms with E-state index < -0.39 is 0 Å². The van der Waals surface area contributed by atoms with E-state index in [1.165, 1.54) is 0 Å². The molecule has 1 saturated heterocycles. The van der Waals surface area contributed by atoms with Crippen LogP contribution in [0.2, 0.25) is 0 Å². The Morgan fingerprint density at radius 1 is 1.46 bits per heavy atom. The molecule has 1 saturated carbocycles. The molecule has 74 valence electrons. The number of hydrogen-bond acceptors (Lipinski definition) is 3. The summed E-state index contributed by atoms with van der Waals surface area (Å²) in [6.07, 6.45) is 2.50. The van der Waals surface area contributed by atoms with E-state index in [4.69, 9.17) is 0 Å². The summed E-state index contributed by atoms with van der Waals surface area (Å²) in [6, 6.07) is 0.102. The second-order valence-electron chi connectivity index (χ2n) is 4.02. The number of amides is 1. The predicted molar refractivity (Wildman–Crippen MR) is 48.2 cm³/mol. The molecule has 1 aliphatic heterocycles. The van der Waals surface area contributed by atoms with Crippen LogP contribution in [0.25, 0.3) is 0 Å². The van der Waals surface area contributed by atoms with Gasteiger partial charge in [-0.05, 0) is 19.3 Å². The number of likely N-dealkylation sites (N-methyl/N-ethyl adjacent to an activating group) is 1. The summed E-state index contributed by atoms with van der Waals surface area (Å²) in [5.74, 6) is 0.166. The highest BCUT2D eigenvalue weighted by molar-refractivity contribution is 5.83. The fourth-order valence-corrected chi connectivity index (χ4v) is 1.91. The van der Waals surface area contributed by atoms with Crippen molar-refractivity contribution in [2.75, 3.05) is 13.6 Å². The van der Waals surface area contributed by atoms with Gasteiger partial charge in [-0.25, -0.2) is 0 Å². The molecule has 1 amide bonds. The van der Waals surface area contributed by atoms with E-state index in [2.05, 4.69) is 5.32 Å². The zero-order chi connectivity index (χ0) is 9.42. The van der Waals surface area contributed by atoms with E-state index in [1.54, 1.807) is 4.90 Å². The summed E-state index contributed by atoms with van der Waals surface area (Å²) in [4.78, 5) is 13.2. The molecule has 1 aliphatic carbocycles. The molecule has 4 heteroatoms. The third-order valence-corrected chi connectivity index (χ3v) is 3.08. The van der Waals surface area contributed by atoms with Crippen molar-refractivity contribution in [2.45, 2.75) is 37.5 Å².